The van der Waals surface area contributed by atoms with Gasteiger partial charge in [0.25, 0.3) is 5.91 Å². The molecule has 2 aromatic carbocycles. The Labute approximate surface area is 173 Å². The van der Waals surface area contributed by atoms with Gasteiger partial charge < -0.3 is 14.8 Å². The summed E-state index contributed by atoms with van der Waals surface area (Å²) >= 11 is 5.95. The van der Waals surface area contributed by atoms with E-state index in [1.165, 1.54) is 6.07 Å². The largest absolute Gasteiger partial charge is 0.484 e. The normalized spacial score (nSPS) is 15.1. The molecule has 0 saturated carbocycles. The molecule has 3 rings (SSSR count). The molecule has 0 unspecified atom stereocenters. The first kappa shape index (κ1) is 21.5. The Bertz CT molecular complexity index is 1010. The molecule has 29 heavy (non-hydrogen) atoms. The predicted molar refractivity (Wildman–Crippen MR) is 106 cm³/mol. The molecular weight excluding hydrogens is 423 g/mol. The summed E-state index contributed by atoms with van der Waals surface area (Å²) in [4.78, 5) is 11.7. The van der Waals surface area contributed by atoms with Crippen LogP contribution < -0.4 is 10.1 Å². The number of hydrogen-bond donors (Lipinski definition) is 1. The van der Waals surface area contributed by atoms with E-state index in [4.69, 9.17) is 21.1 Å². The molecule has 0 aliphatic carbocycles. The number of rotatable bonds is 6. The van der Waals surface area contributed by atoms with Gasteiger partial charge in [-0.3, -0.25) is 4.79 Å². The summed E-state index contributed by atoms with van der Waals surface area (Å²) in [5.41, 5.74) is 0.959. The zero-order valence-electron chi connectivity index (χ0n) is 15.7. The summed E-state index contributed by atoms with van der Waals surface area (Å²) in [6.45, 7) is 2.30. The molecular formula is C19H20ClFN2O5S. The van der Waals surface area contributed by atoms with Gasteiger partial charge >= 0.3 is 0 Å². The highest BCUT2D eigenvalue weighted by atomic mass is 35.5. The first-order valence-electron chi connectivity index (χ1n) is 8.83. The van der Waals surface area contributed by atoms with Crippen molar-refractivity contribution in [3.8, 4) is 5.75 Å². The minimum atomic E-state index is -4.03. The number of sulfonamides is 1. The Hall–Kier alpha value is -2.20. The summed E-state index contributed by atoms with van der Waals surface area (Å²) in [7, 11) is -4.03. The van der Waals surface area contributed by atoms with Crippen LogP contribution in [0.3, 0.4) is 0 Å². The smallest absolute Gasteiger partial charge is 0.262 e. The monoisotopic (exact) mass is 442 g/mol. The molecule has 0 spiro atoms. The van der Waals surface area contributed by atoms with E-state index >= 15 is 0 Å². The van der Waals surface area contributed by atoms with Gasteiger partial charge in [-0.1, -0.05) is 11.6 Å². The van der Waals surface area contributed by atoms with Gasteiger partial charge in [0, 0.05) is 23.8 Å². The number of nitrogens with zero attached hydrogens (tertiary/aromatic N) is 1. The fourth-order valence-electron chi connectivity index (χ4n) is 2.76. The lowest BCUT2D eigenvalue weighted by atomic mass is 10.2. The predicted octanol–water partition coefficient (Wildman–Crippen LogP) is 2.83. The molecule has 1 saturated heterocycles. The Balaban J connectivity index is 1.68. The van der Waals surface area contributed by atoms with Crippen molar-refractivity contribution in [3.05, 3.63) is 52.8 Å². The zero-order valence-corrected chi connectivity index (χ0v) is 17.2. The minimum absolute atomic E-state index is 0.146. The van der Waals surface area contributed by atoms with Crippen LogP contribution in [-0.2, 0) is 19.6 Å². The summed E-state index contributed by atoms with van der Waals surface area (Å²) in [5, 5.41) is 3.10. The molecule has 1 aliphatic rings. The highest BCUT2D eigenvalue weighted by Crippen LogP contribution is 2.24. The molecule has 2 aromatic rings. The van der Waals surface area contributed by atoms with Crippen LogP contribution in [0.4, 0.5) is 10.1 Å². The molecule has 1 amide bonds. The minimum Gasteiger partial charge on any atom is -0.484 e. The summed E-state index contributed by atoms with van der Waals surface area (Å²) in [6.07, 6.45) is 0. The van der Waals surface area contributed by atoms with Crippen LogP contribution >= 0.6 is 11.6 Å². The highest BCUT2D eigenvalue weighted by molar-refractivity contribution is 7.89. The van der Waals surface area contributed by atoms with Gasteiger partial charge in [-0.25, -0.2) is 12.8 Å². The number of nitrogens with one attached hydrogen (secondary N) is 1. The van der Waals surface area contributed by atoms with Crippen molar-refractivity contribution in [2.45, 2.75) is 11.8 Å². The van der Waals surface area contributed by atoms with Crippen molar-refractivity contribution < 1.29 is 27.1 Å². The first-order chi connectivity index (χ1) is 13.8. The van der Waals surface area contributed by atoms with Crippen LogP contribution in [-0.4, -0.2) is 51.5 Å². The molecule has 1 fully saturated rings. The fraction of sp³-hybridized carbons (Fsp3) is 0.316. The van der Waals surface area contributed by atoms with Gasteiger partial charge in [0.2, 0.25) is 10.0 Å². The molecule has 0 bridgehead atoms. The van der Waals surface area contributed by atoms with E-state index in [-0.39, 0.29) is 38.6 Å². The van der Waals surface area contributed by atoms with Gasteiger partial charge in [-0.2, -0.15) is 4.31 Å². The Kier molecular flexibility index (Phi) is 6.74. The summed E-state index contributed by atoms with van der Waals surface area (Å²) in [5.74, 6) is -0.932. The topological polar surface area (TPSA) is 84.9 Å². The number of morpholine rings is 1. The third-order valence-electron chi connectivity index (χ3n) is 4.30. The number of anilines is 1. The number of carbonyl (C=O) groups excluding carboxylic acids is 1. The van der Waals surface area contributed by atoms with E-state index < -0.39 is 26.6 Å². The third kappa shape index (κ3) is 5.24. The summed E-state index contributed by atoms with van der Waals surface area (Å²) < 4.78 is 51.3. The van der Waals surface area contributed by atoms with Crippen molar-refractivity contribution in [2.75, 3.05) is 38.2 Å². The second-order valence-corrected chi connectivity index (χ2v) is 8.72. The van der Waals surface area contributed by atoms with Crippen LogP contribution in [0.2, 0.25) is 5.02 Å². The molecule has 1 aliphatic heterocycles. The van der Waals surface area contributed by atoms with Crippen molar-refractivity contribution in [1.29, 1.82) is 0 Å². The number of benzene rings is 2. The lowest BCUT2D eigenvalue weighted by Gasteiger charge is -2.26. The van der Waals surface area contributed by atoms with Gasteiger partial charge in [-0.15, -0.1) is 0 Å². The summed E-state index contributed by atoms with van der Waals surface area (Å²) in [6, 6.07) is 8.38. The quantitative estimate of drug-likeness (QED) is 0.743. The number of halogens is 2. The van der Waals surface area contributed by atoms with E-state index in [1.54, 1.807) is 18.2 Å². The maximum absolute atomic E-state index is 14.2. The molecule has 0 aromatic heterocycles. The van der Waals surface area contributed by atoms with Crippen LogP contribution in [0.25, 0.3) is 0 Å². The fourth-order valence-corrected chi connectivity index (χ4v) is 4.37. The van der Waals surface area contributed by atoms with Crippen molar-refractivity contribution >= 4 is 33.2 Å². The Morgan fingerprint density at radius 3 is 2.66 bits per heavy atom. The van der Waals surface area contributed by atoms with Crippen LogP contribution in [0.5, 0.6) is 5.75 Å². The Morgan fingerprint density at radius 1 is 1.24 bits per heavy atom. The lowest BCUT2D eigenvalue weighted by molar-refractivity contribution is -0.118. The number of aryl methyl sites for hydroxylation is 1. The van der Waals surface area contributed by atoms with E-state index in [2.05, 4.69) is 5.32 Å². The van der Waals surface area contributed by atoms with E-state index in [0.717, 1.165) is 22.0 Å². The van der Waals surface area contributed by atoms with Crippen molar-refractivity contribution in [1.82, 2.24) is 4.31 Å². The second kappa shape index (κ2) is 9.08. The molecule has 10 heteroatoms. The zero-order chi connectivity index (χ0) is 21.0. The van der Waals surface area contributed by atoms with Crippen molar-refractivity contribution in [2.24, 2.45) is 0 Å². The Morgan fingerprint density at radius 2 is 1.97 bits per heavy atom. The number of carbonyl (C=O) groups is 1. The second-order valence-electron chi connectivity index (χ2n) is 6.41. The molecule has 0 atom stereocenters. The number of ether oxygens (including phenoxy) is 2. The van der Waals surface area contributed by atoms with E-state index in [9.17, 15) is 17.6 Å². The lowest BCUT2D eigenvalue weighted by Crippen LogP contribution is -2.40. The van der Waals surface area contributed by atoms with Gasteiger partial charge in [0.05, 0.1) is 13.2 Å². The molecule has 7 nitrogen and oxygen atoms in total. The van der Waals surface area contributed by atoms with E-state index in [1.807, 2.05) is 6.92 Å². The van der Waals surface area contributed by atoms with Gasteiger partial charge in [-0.05, 0) is 48.9 Å². The maximum Gasteiger partial charge on any atom is 0.262 e. The maximum atomic E-state index is 14.2. The third-order valence-corrected chi connectivity index (χ3v) is 6.64. The molecule has 0 radical (unpaired) electrons. The van der Waals surface area contributed by atoms with E-state index in [0.29, 0.717) is 10.8 Å². The molecule has 1 N–H and O–H groups in total. The standard InChI is InChI=1S/C19H20ClFN2O5S/c1-13-10-15(3-4-16(13)20)28-12-19(24)22-14-2-5-17(21)18(11-14)29(25,26)23-6-8-27-9-7-23/h2-5,10-11H,6-9,12H2,1H3,(H,22,24). The molecule has 156 valence electrons. The molecule has 1 heterocycles. The van der Waals surface area contributed by atoms with Crippen LogP contribution in [0, 0.1) is 12.7 Å². The average molecular weight is 443 g/mol. The van der Waals surface area contributed by atoms with Gasteiger partial charge in [0.1, 0.15) is 16.5 Å². The average Bonchev–Trinajstić information content (AvgIpc) is 2.71. The van der Waals surface area contributed by atoms with Gasteiger partial charge in [0.15, 0.2) is 6.61 Å². The SMILES string of the molecule is Cc1cc(OCC(=O)Nc2ccc(F)c(S(=O)(=O)N3CCOCC3)c2)ccc1Cl. The number of amides is 1. The van der Waals surface area contributed by atoms with Crippen LogP contribution in [0.1, 0.15) is 5.56 Å². The first-order valence-corrected chi connectivity index (χ1v) is 10.7. The van der Waals surface area contributed by atoms with Crippen LogP contribution in [0.15, 0.2) is 41.3 Å². The van der Waals surface area contributed by atoms with Crippen molar-refractivity contribution in [3.63, 3.8) is 0 Å². The number of hydrogen-bond acceptors (Lipinski definition) is 5. The highest BCUT2D eigenvalue weighted by Gasteiger charge is 2.29.